The minimum Gasteiger partial charge on any atom is -0.351 e. The summed E-state index contributed by atoms with van der Waals surface area (Å²) in [4.78, 5) is 29.7. The Bertz CT molecular complexity index is 1040. The molecule has 0 atom stereocenters. The molecule has 0 aliphatic heterocycles. The lowest BCUT2D eigenvalue weighted by Crippen LogP contribution is -2.27. The molecule has 0 fully saturated rings. The molecule has 1 aromatic heterocycles. The molecule has 0 bridgehead atoms. The van der Waals surface area contributed by atoms with Crippen molar-refractivity contribution in [2.75, 3.05) is 5.75 Å². The summed E-state index contributed by atoms with van der Waals surface area (Å²) in [5, 5.41) is 4.67. The van der Waals surface area contributed by atoms with Crippen molar-refractivity contribution in [2.24, 2.45) is 0 Å². The standard InChI is InChI=1S/C21H22ClN3O2S/c1-2-3-12-25-20(27)16-9-5-7-11-18(16)24-21(25)28-14-19(26)23-13-15-8-4-6-10-17(15)22/h4-11H,2-3,12-14H2,1H3,(H,23,26). The van der Waals surface area contributed by atoms with Gasteiger partial charge in [0.1, 0.15) is 0 Å². The van der Waals surface area contributed by atoms with Crippen molar-refractivity contribution >= 4 is 40.2 Å². The minimum absolute atomic E-state index is 0.0574. The summed E-state index contributed by atoms with van der Waals surface area (Å²) in [6.45, 7) is 3.04. The Kier molecular flexibility index (Phi) is 7.12. The highest BCUT2D eigenvalue weighted by Gasteiger charge is 2.13. The smallest absolute Gasteiger partial charge is 0.262 e. The summed E-state index contributed by atoms with van der Waals surface area (Å²) in [5.41, 5.74) is 1.46. The molecule has 0 saturated carbocycles. The minimum atomic E-state index is -0.130. The fraction of sp³-hybridized carbons (Fsp3) is 0.286. The maximum atomic E-state index is 12.8. The van der Waals surface area contributed by atoms with Gasteiger partial charge in [-0.25, -0.2) is 4.98 Å². The number of unbranched alkanes of at least 4 members (excludes halogenated alkanes) is 1. The number of nitrogens with one attached hydrogen (secondary N) is 1. The van der Waals surface area contributed by atoms with Crippen LogP contribution in [0.25, 0.3) is 10.9 Å². The van der Waals surface area contributed by atoms with Gasteiger partial charge in [0.2, 0.25) is 5.91 Å². The molecule has 1 N–H and O–H groups in total. The van der Waals surface area contributed by atoms with Crippen molar-refractivity contribution in [1.82, 2.24) is 14.9 Å². The first kappa shape index (κ1) is 20.4. The maximum absolute atomic E-state index is 12.8. The van der Waals surface area contributed by atoms with Crippen LogP contribution in [0.2, 0.25) is 5.02 Å². The Balaban J connectivity index is 1.73. The largest absolute Gasteiger partial charge is 0.351 e. The van der Waals surface area contributed by atoms with Crippen LogP contribution < -0.4 is 10.9 Å². The molecular weight excluding hydrogens is 394 g/mol. The molecule has 0 saturated heterocycles. The van der Waals surface area contributed by atoms with Crippen molar-refractivity contribution in [3.8, 4) is 0 Å². The fourth-order valence-corrected chi connectivity index (χ4v) is 3.85. The van der Waals surface area contributed by atoms with E-state index >= 15 is 0 Å². The van der Waals surface area contributed by atoms with Gasteiger partial charge in [0.25, 0.3) is 5.56 Å². The lowest BCUT2D eigenvalue weighted by Gasteiger charge is -2.13. The molecule has 5 nitrogen and oxygen atoms in total. The van der Waals surface area contributed by atoms with Crippen LogP contribution in [-0.2, 0) is 17.9 Å². The third-order valence-electron chi connectivity index (χ3n) is 4.33. The Labute approximate surface area is 173 Å². The number of carbonyl (C=O) groups excluding carboxylic acids is 1. The highest BCUT2D eigenvalue weighted by Crippen LogP contribution is 2.19. The first-order valence-corrected chi connectivity index (χ1v) is 10.6. The average Bonchev–Trinajstić information content (AvgIpc) is 2.71. The lowest BCUT2D eigenvalue weighted by atomic mass is 10.2. The summed E-state index contributed by atoms with van der Waals surface area (Å²) in [7, 11) is 0. The van der Waals surface area contributed by atoms with Gasteiger partial charge in [-0.15, -0.1) is 0 Å². The van der Waals surface area contributed by atoms with E-state index in [0.29, 0.717) is 34.2 Å². The molecule has 0 unspecified atom stereocenters. The zero-order chi connectivity index (χ0) is 19.9. The predicted molar refractivity (Wildman–Crippen MR) is 115 cm³/mol. The van der Waals surface area contributed by atoms with Gasteiger partial charge in [0.15, 0.2) is 5.16 Å². The molecule has 1 amide bonds. The van der Waals surface area contributed by atoms with Crippen LogP contribution >= 0.6 is 23.4 Å². The molecule has 2 aromatic carbocycles. The van der Waals surface area contributed by atoms with Crippen molar-refractivity contribution in [2.45, 2.75) is 38.0 Å². The van der Waals surface area contributed by atoms with Crippen LogP contribution in [0.3, 0.4) is 0 Å². The number of halogens is 1. The molecule has 146 valence electrons. The lowest BCUT2D eigenvalue weighted by molar-refractivity contribution is -0.118. The molecule has 0 radical (unpaired) electrons. The van der Waals surface area contributed by atoms with Gasteiger partial charge in [-0.2, -0.15) is 0 Å². The summed E-state index contributed by atoms with van der Waals surface area (Å²) in [6, 6.07) is 14.7. The number of nitrogens with zero attached hydrogens (tertiary/aromatic N) is 2. The number of carbonyl (C=O) groups is 1. The van der Waals surface area contributed by atoms with E-state index < -0.39 is 0 Å². The molecule has 0 spiro atoms. The molecule has 3 aromatic rings. The molecule has 3 rings (SSSR count). The van der Waals surface area contributed by atoms with Crippen LogP contribution in [0.1, 0.15) is 25.3 Å². The summed E-state index contributed by atoms with van der Waals surface area (Å²) in [5.74, 6) is 0.0517. The van der Waals surface area contributed by atoms with Crippen LogP contribution in [0.4, 0.5) is 0 Å². The number of rotatable bonds is 8. The number of para-hydroxylation sites is 1. The van der Waals surface area contributed by atoms with Gasteiger partial charge in [0, 0.05) is 18.1 Å². The zero-order valence-corrected chi connectivity index (χ0v) is 17.2. The summed E-state index contributed by atoms with van der Waals surface area (Å²) >= 11 is 7.40. The Morgan fingerprint density at radius 1 is 1.18 bits per heavy atom. The number of benzene rings is 2. The summed E-state index contributed by atoms with van der Waals surface area (Å²) in [6.07, 6.45) is 1.86. The van der Waals surface area contributed by atoms with Crippen molar-refractivity contribution < 1.29 is 4.79 Å². The topological polar surface area (TPSA) is 64.0 Å². The third kappa shape index (κ3) is 4.94. The Hall–Kier alpha value is -2.31. The summed E-state index contributed by atoms with van der Waals surface area (Å²) < 4.78 is 1.68. The van der Waals surface area contributed by atoms with Crippen LogP contribution in [0.15, 0.2) is 58.5 Å². The van der Waals surface area contributed by atoms with E-state index in [1.54, 1.807) is 16.7 Å². The number of hydrogen-bond donors (Lipinski definition) is 1. The first-order valence-electron chi connectivity index (χ1n) is 9.22. The molecule has 28 heavy (non-hydrogen) atoms. The molecule has 0 aliphatic rings. The van der Waals surface area contributed by atoms with Gasteiger partial charge in [-0.05, 0) is 30.2 Å². The van der Waals surface area contributed by atoms with Gasteiger partial charge in [-0.1, -0.05) is 67.0 Å². The van der Waals surface area contributed by atoms with Crippen LogP contribution in [0.5, 0.6) is 0 Å². The number of aromatic nitrogens is 2. The van der Waals surface area contributed by atoms with Crippen LogP contribution in [-0.4, -0.2) is 21.2 Å². The van der Waals surface area contributed by atoms with Crippen molar-refractivity contribution in [1.29, 1.82) is 0 Å². The SMILES string of the molecule is CCCCn1c(SCC(=O)NCc2ccccc2Cl)nc2ccccc2c1=O. The van der Waals surface area contributed by atoms with Crippen molar-refractivity contribution in [3.05, 3.63) is 69.5 Å². The van der Waals surface area contributed by atoms with Gasteiger partial charge >= 0.3 is 0 Å². The number of thioether (sulfide) groups is 1. The van der Waals surface area contributed by atoms with E-state index in [1.165, 1.54) is 11.8 Å². The molecular formula is C21H22ClN3O2S. The van der Waals surface area contributed by atoms with Gasteiger partial charge in [0.05, 0.1) is 16.7 Å². The second-order valence-electron chi connectivity index (χ2n) is 6.38. The zero-order valence-electron chi connectivity index (χ0n) is 15.7. The fourth-order valence-electron chi connectivity index (χ4n) is 2.79. The third-order valence-corrected chi connectivity index (χ3v) is 5.67. The van der Waals surface area contributed by atoms with Crippen LogP contribution in [0, 0.1) is 0 Å². The highest BCUT2D eigenvalue weighted by atomic mass is 35.5. The Morgan fingerprint density at radius 2 is 1.93 bits per heavy atom. The van der Waals surface area contributed by atoms with Crippen molar-refractivity contribution in [3.63, 3.8) is 0 Å². The maximum Gasteiger partial charge on any atom is 0.262 e. The second kappa shape index (κ2) is 9.75. The van der Waals surface area contributed by atoms with E-state index in [0.717, 1.165) is 18.4 Å². The first-order chi connectivity index (χ1) is 13.6. The molecule has 7 heteroatoms. The second-order valence-corrected chi connectivity index (χ2v) is 7.73. The van der Waals surface area contributed by atoms with Gasteiger partial charge < -0.3 is 5.32 Å². The van der Waals surface area contributed by atoms with E-state index in [4.69, 9.17) is 11.6 Å². The number of fused-ring (bicyclic) bond motifs is 1. The van der Waals surface area contributed by atoms with E-state index in [2.05, 4.69) is 17.2 Å². The van der Waals surface area contributed by atoms with E-state index in [-0.39, 0.29) is 17.2 Å². The predicted octanol–water partition coefficient (Wildman–Crippen LogP) is 4.26. The monoisotopic (exact) mass is 415 g/mol. The molecule has 0 aliphatic carbocycles. The van der Waals surface area contributed by atoms with E-state index in [9.17, 15) is 9.59 Å². The number of amides is 1. The Morgan fingerprint density at radius 3 is 2.71 bits per heavy atom. The highest BCUT2D eigenvalue weighted by molar-refractivity contribution is 7.99. The quantitative estimate of drug-likeness (QED) is 0.441. The van der Waals surface area contributed by atoms with E-state index in [1.807, 2.05) is 36.4 Å². The molecule has 1 heterocycles. The normalized spacial score (nSPS) is 10.9. The number of hydrogen-bond acceptors (Lipinski definition) is 4. The van der Waals surface area contributed by atoms with Gasteiger partial charge in [-0.3, -0.25) is 14.2 Å². The average molecular weight is 416 g/mol.